The van der Waals surface area contributed by atoms with Crippen LogP contribution in [0.1, 0.15) is 0 Å². The molecule has 0 aromatic heterocycles. The third-order valence-electron chi connectivity index (χ3n) is 2.17. The summed E-state index contributed by atoms with van der Waals surface area (Å²) < 4.78 is 18.4. The highest BCUT2D eigenvalue weighted by atomic mass is 19.2. The maximum absolute atomic E-state index is 12.8. The predicted molar refractivity (Wildman–Crippen MR) is 62.5 cm³/mol. The number of halogens is 1. The van der Waals surface area contributed by atoms with Gasteiger partial charge in [-0.2, -0.15) is 0 Å². The first-order chi connectivity index (χ1) is 7.75. The smallest absolute Gasteiger partial charge is 0.127 e. The van der Waals surface area contributed by atoms with Crippen LogP contribution in [0.25, 0.3) is 0 Å². The fourth-order valence-corrected chi connectivity index (χ4v) is 1.34. The Morgan fingerprint density at radius 2 is 1.44 bits per heavy atom. The van der Waals surface area contributed by atoms with Crippen molar-refractivity contribution in [2.45, 2.75) is 0 Å². The highest BCUT2D eigenvalue weighted by molar-refractivity contribution is 5.46. The van der Waals surface area contributed by atoms with Gasteiger partial charge in [-0.05, 0) is 36.4 Å². The summed E-state index contributed by atoms with van der Waals surface area (Å²) in [5, 5.41) is 0.562. The first-order valence-corrected chi connectivity index (χ1v) is 4.98. The van der Waals surface area contributed by atoms with Crippen molar-refractivity contribution in [3.05, 3.63) is 54.6 Å². The van der Waals surface area contributed by atoms with Crippen molar-refractivity contribution in [2.75, 3.05) is 12.2 Å². The molecule has 2 aromatic carbocycles. The summed E-state index contributed by atoms with van der Waals surface area (Å²) in [4.78, 5) is 0. The molecular weight excluding hydrogens is 205 g/mol. The predicted octanol–water partition coefficient (Wildman–Crippen LogP) is 3.80. The zero-order valence-electron chi connectivity index (χ0n) is 8.93. The van der Waals surface area contributed by atoms with Crippen LogP contribution in [0.15, 0.2) is 54.6 Å². The fourth-order valence-electron chi connectivity index (χ4n) is 1.34. The maximum Gasteiger partial charge on any atom is 0.127 e. The van der Waals surface area contributed by atoms with E-state index in [-0.39, 0.29) is 0 Å². The van der Waals surface area contributed by atoms with Crippen molar-refractivity contribution in [1.82, 2.24) is 0 Å². The van der Waals surface area contributed by atoms with Gasteiger partial charge in [-0.3, -0.25) is 0 Å². The molecule has 2 aromatic rings. The van der Waals surface area contributed by atoms with Gasteiger partial charge in [0.05, 0.1) is 5.69 Å². The molecule has 16 heavy (non-hydrogen) atoms. The van der Waals surface area contributed by atoms with E-state index in [1.807, 2.05) is 30.3 Å². The highest BCUT2D eigenvalue weighted by Gasteiger charge is 1.99. The third kappa shape index (κ3) is 2.51. The van der Waals surface area contributed by atoms with Crippen LogP contribution in [0.2, 0.25) is 0 Å². The molecule has 0 saturated heterocycles. The number of ether oxygens (including phenoxy) is 1. The summed E-state index contributed by atoms with van der Waals surface area (Å²) in [6.07, 6.45) is 0. The Kier molecular flexibility index (Phi) is 3.05. The van der Waals surface area contributed by atoms with E-state index in [0.717, 1.165) is 5.75 Å². The van der Waals surface area contributed by atoms with E-state index in [1.165, 1.54) is 7.05 Å². The van der Waals surface area contributed by atoms with Gasteiger partial charge >= 0.3 is 0 Å². The lowest BCUT2D eigenvalue weighted by Crippen LogP contribution is -2.01. The number of anilines is 1. The number of para-hydroxylation sites is 1. The lowest BCUT2D eigenvalue weighted by Gasteiger charge is -2.09. The van der Waals surface area contributed by atoms with Crippen molar-refractivity contribution >= 4 is 5.69 Å². The Morgan fingerprint density at radius 1 is 0.875 bits per heavy atom. The van der Waals surface area contributed by atoms with E-state index >= 15 is 0 Å². The molecule has 0 N–H and O–H groups in total. The van der Waals surface area contributed by atoms with E-state index in [1.54, 1.807) is 24.3 Å². The molecule has 0 aliphatic heterocycles. The van der Waals surface area contributed by atoms with Gasteiger partial charge in [-0.1, -0.05) is 18.2 Å². The molecule has 0 bridgehead atoms. The number of benzene rings is 2. The van der Waals surface area contributed by atoms with Gasteiger partial charge in [0.15, 0.2) is 0 Å². The van der Waals surface area contributed by atoms with E-state index in [0.29, 0.717) is 16.6 Å². The van der Waals surface area contributed by atoms with Gasteiger partial charge < -0.3 is 4.74 Å². The highest BCUT2D eigenvalue weighted by Crippen LogP contribution is 2.23. The number of hydrogen-bond donors (Lipinski definition) is 0. The maximum atomic E-state index is 12.8. The number of hydrogen-bond acceptors (Lipinski definition) is 2. The molecule has 0 aliphatic carbocycles. The van der Waals surface area contributed by atoms with Crippen LogP contribution < -0.4 is 9.86 Å². The summed E-state index contributed by atoms with van der Waals surface area (Å²) >= 11 is 0. The lowest BCUT2D eigenvalue weighted by molar-refractivity contribution is 0.472. The minimum absolute atomic E-state index is 0.500. The zero-order valence-corrected chi connectivity index (χ0v) is 8.93. The van der Waals surface area contributed by atoms with Gasteiger partial charge in [0.25, 0.3) is 0 Å². The molecule has 0 spiro atoms. The van der Waals surface area contributed by atoms with Crippen LogP contribution in [-0.4, -0.2) is 7.05 Å². The normalized spacial score (nSPS) is 9.88. The minimum atomic E-state index is 0.500. The summed E-state index contributed by atoms with van der Waals surface area (Å²) in [5.41, 5.74) is 0.500. The minimum Gasteiger partial charge on any atom is -0.457 e. The Labute approximate surface area is 93.8 Å². The Morgan fingerprint density at radius 3 is 2.00 bits per heavy atom. The summed E-state index contributed by atoms with van der Waals surface area (Å²) in [5.74, 6) is 1.46. The largest absolute Gasteiger partial charge is 0.457 e. The molecule has 0 amide bonds. The van der Waals surface area contributed by atoms with Crippen LogP contribution >= 0.6 is 0 Å². The summed E-state index contributed by atoms with van der Waals surface area (Å²) in [6.45, 7) is 0. The number of rotatable bonds is 3. The van der Waals surface area contributed by atoms with Gasteiger partial charge in [0.1, 0.15) is 11.5 Å². The van der Waals surface area contributed by atoms with Crippen molar-refractivity contribution in [3.8, 4) is 11.5 Å². The van der Waals surface area contributed by atoms with Gasteiger partial charge in [-0.15, -0.1) is 4.48 Å². The van der Waals surface area contributed by atoms with Crippen LogP contribution in [0.5, 0.6) is 11.5 Å². The molecule has 0 radical (unpaired) electrons. The van der Waals surface area contributed by atoms with E-state index in [9.17, 15) is 4.48 Å². The number of nitrogens with zero attached hydrogens (tertiary/aromatic N) is 1. The molecule has 0 fully saturated rings. The standard InChI is InChI=1S/C13H12FNO/c1-15(14)11-7-9-13(10-8-11)16-12-5-3-2-4-6-12/h2-10H,1H3. The SMILES string of the molecule is CN(F)c1ccc(Oc2ccccc2)cc1. The van der Waals surface area contributed by atoms with Gasteiger partial charge in [0.2, 0.25) is 0 Å². The molecule has 0 heterocycles. The quantitative estimate of drug-likeness (QED) is 0.725. The zero-order chi connectivity index (χ0) is 11.4. The Bertz CT molecular complexity index is 439. The van der Waals surface area contributed by atoms with Crippen molar-refractivity contribution in [3.63, 3.8) is 0 Å². The van der Waals surface area contributed by atoms with Gasteiger partial charge in [-0.25, -0.2) is 5.12 Å². The molecule has 3 heteroatoms. The van der Waals surface area contributed by atoms with E-state index in [2.05, 4.69) is 0 Å². The molecule has 2 rings (SSSR count). The van der Waals surface area contributed by atoms with E-state index in [4.69, 9.17) is 4.74 Å². The monoisotopic (exact) mass is 217 g/mol. The first kappa shape index (κ1) is 10.5. The van der Waals surface area contributed by atoms with Crippen molar-refractivity contribution in [2.24, 2.45) is 0 Å². The molecule has 0 saturated carbocycles. The van der Waals surface area contributed by atoms with Crippen LogP contribution in [0.3, 0.4) is 0 Å². The second-order valence-corrected chi connectivity index (χ2v) is 3.39. The summed E-state index contributed by atoms with van der Waals surface area (Å²) in [6, 6.07) is 16.3. The summed E-state index contributed by atoms with van der Waals surface area (Å²) in [7, 11) is 1.35. The van der Waals surface area contributed by atoms with Crippen LogP contribution in [0.4, 0.5) is 10.2 Å². The van der Waals surface area contributed by atoms with Crippen molar-refractivity contribution in [1.29, 1.82) is 0 Å². The average Bonchev–Trinajstić information content (AvgIpc) is 2.31. The van der Waals surface area contributed by atoms with Crippen molar-refractivity contribution < 1.29 is 9.22 Å². The van der Waals surface area contributed by atoms with Crippen LogP contribution in [-0.2, 0) is 0 Å². The molecular formula is C13H12FNO. The molecule has 0 atom stereocenters. The topological polar surface area (TPSA) is 12.5 Å². The lowest BCUT2D eigenvalue weighted by atomic mass is 10.3. The average molecular weight is 217 g/mol. The third-order valence-corrected chi connectivity index (χ3v) is 2.17. The first-order valence-electron chi connectivity index (χ1n) is 4.98. The Balaban J connectivity index is 2.11. The molecule has 2 nitrogen and oxygen atoms in total. The fraction of sp³-hybridized carbons (Fsp3) is 0.0769. The Hall–Kier alpha value is -2.03. The second-order valence-electron chi connectivity index (χ2n) is 3.39. The molecule has 0 aliphatic rings. The molecule has 82 valence electrons. The van der Waals surface area contributed by atoms with Crippen LogP contribution in [0, 0.1) is 0 Å². The van der Waals surface area contributed by atoms with E-state index < -0.39 is 0 Å². The second kappa shape index (κ2) is 4.66. The van der Waals surface area contributed by atoms with Gasteiger partial charge in [0, 0.05) is 7.05 Å². The molecule has 0 unspecified atom stereocenters.